The molecule has 0 spiro atoms. The van der Waals surface area contributed by atoms with E-state index in [-0.39, 0.29) is 65.3 Å². The zero-order valence-electron chi connectivity index (χ0n) is 19.4. The molecule has 1 heterocycles. The number of allylic oxidation sites excluding steroid dienone is 1. The van der Waals surface area contributed by atoms with E-state index in [0.717, 1.165) is 0 Å². The summed E-state index contributed by atoms with van der Waals surface area (Å²) in [4.78, 5) is 13.6. The van der Waals surface area contributed by atoms with Crippen molar-refractivity contribution in [3.8, 4) is 23.0 Å². The lowest BCUT2D eigenvalue weighted by molar-refractivity contribution is 0.0326. The molecule has 0 unspecified atom stereocenters. The molecule has 0 saturated carbocycles. The van der Waals surface area contributed by atoms with Crippen LogP contribution in [0.5, 0.6) is 23.0 Å². The maximum atomic E-state index is 13.6. The highest BCUT2D eigenvalue weighted by Crippen LogP contribution is 2.44. The van der Waals surface area contributed by atoms with Gasteiger partial charge < -0.3 is 37.9 Å². The smallest absolute Gasteiger partial charge is 0.207 e. The van der Waals surface area contributed by atoms with E-state index < -0.39 is 10.8 Å². The van der Waals surface area contributed by atoms with Gasteiger partial charge in [-0.3, -0.25) is 4.79 Å². The average molecular weight is 460 g/mol. The van der Waals surface area contributed by atoms with Gasteiger partial charge in [-0.15, -0.1) is 6.58 Å². The van der Waals surface area contributed by atoms with Crippen molar-refractivity contribution in [2.45, 2.75) is 19.3 Å². The highest BCUT2D eigenvalue weighted by molar-refractivity contribution is 5.99. The summed E-state index contributed by atoms with van der Waals surface area (Å²) in [6.07, 6.45) is 1.67. The summed E-state index contributed by atoms with van der Waals surface area (Å²) >= 11 is 0. The lowest BCUT2D eigenvalue weighted by atomic mass is 9.83. The normalized spacial score (nSPS) is 11.7. The van der Waals surface area contributed by atoms with Crippen molar-refractivity contribution in [2.75, 3.05) is 41.7 Å². The van der Waals surface area contributed by atoms with E-state index in [1.807, 2.05) is 13.8 Å². The standard InChI is InChI=1S/C24H28O9/c1-7-24(2,3)15-10-17(31-12-28-5)22-18(20(15)26)19(25)14-8-9-16(30-11-27-4)23(21(14)33-22)32-13-29-6/h7-10,26H,1,11-13H2,2-6H3. The first-order chi connectivity index (χ1) is 15.8. The van der Waals surface area contributed by atoms with E-state index in [1.54, 1.807) is 18.2 Å². The second kappa shape index (κ2) is 10.1. The number of fused-ring (bicyclic) bond motifs is 2. The van der Waals surface area contributed by atoms with Crippen molar-refractivity contribution < 1.29 is 37.9 Å². The van der Waals surface area contributed by atoms with E-state index >= 15 is 0 Å². The highest BCUT2D eigenvalue weighted by Gasteiger charge is 2.28. The maximum Gasteiger partial charge on any atom is 0.207 e. The van der Waals surface area contributed by atoms with Crippen molar-refractivity contribution in [2.24, 2.45) is 0 Å². The largest absolute Gasteiger partial charge is 0.507 e. The van der Waals surface area contributed by atoms with E-state index in [1.165, 1.54) is 27.4 Å². The molecule has 0 aliphatic rings. The van der Waals surface area contributed by atoms with Gasteiger partial charge in [-0.2, -0.15) is 0 Å². The predicted molar refractivity (Wildman–Crippen MR) is 122 cm³/mol. The summed E-state index contributed by atoms with van der Waals surface area (Å²) in [5, 5.41) is 11.3. The number of rotatable bonds is 11. The van der Waals surface area contributed by atoms with Crippen molar-refractivity contribution in [1.82, 2.24) is 0 Å². The molecular formula is C24H28O9. The molecule has 1 N–H and O–H groups in total. The summed E-state index contributed by atoms with van der Waals surface area (Å²) in [5.74, 6) is 0.443. The maximum absolute atomic E-state index is 13.6. The Morgan fingerprint density at radius 3 is 2.18 bits per heavy atom. The fourth-order valence-electron chi connectivity index (χ4n) is 3.33. The van der Waals surface area contributed by atoms with E-state index in [2.05, 4.69) is 6.58 Å². The van der Waals surface area contributed by atoms with Gasteiger partial charge in [-0.25, -0.2) is 0 Å². The summed E-state index contributed by atoms with van der Waals surface area (Å²) in [7, 11) is 4.41. The van der Waals surface area contributed by atoms with Gasteiger partial charge in [0.15, 0.2) is 43.0 Å². The molecule has 1 aromatic heterocycles. The molecule has 0 amide bonds. The van der Waals surface area contributed by atoms with Crippen LogP contribution in [0, 0.1) is 0 Å². The highest BCUT2D eigenvalue weighted by atomic mass is 16.7. The molecule has 0 aliphatic carbocycles. The van der Waals surface area contributed by atoms with Gasteiger partial charge in [0.25, 0.3) is 0 Å². The summed E-state index contributed by atoms with van der Waals surface area (Å²) in [5.41, 5.74) is -0.519. The fraction of sp³-hybridized carbons (Fsp3) is 0.375. The predicted octanol–water partition coefficient (Wildman–Crippen LogP) is 4.06. The summed E-state index contributed by atoms with van der Waals surface area (Å²) < 4.78 is 38.1. The third-order valence-corrected chi connectivity index (χ3v) is 5.16. The first kappa shape index (κ1) is 24.4. The number of hydrogen-bond donors (Lipinski definition) is 1. The zero-order valence-corrected chi connectivity index (χ0v) is 19.4. The molecule has 0 saturated heterocycles. The Kier molecular flexibility index (Phi) is 7.47. The first-order valence-electron chi connectivity index (χ1n) is 10.1. The lowest BCUT2D eigenvalue weighted by Gasteiger charge is -2.23. The second-order valence-electron chi connectivity index (χ2n) is 7.75. The molecule has 0 fully saturated rings. The number of benzene rings is 2. The number of phenolic OH excluding ortho intramolecular Hbond substituents is 1. The van der Waals surface area contributed by atoms with Crippen LogP contribution in [0.2, 0.25) is 0 Å². The molecule has 178 valence electrons. The van der Waals surface area contributed by atoms with Crippen LogP contribution < -0.4 is 19.6 Å². The van der Waals surface area contributed by atoms with Crippen molar-refractivity contribution >= 4 is 21.9 Å². The third kappa shape index (κ3) is 4.61. The van der Waals surface area contributed by atoms with E-state index in [4.69, 9.17) is 32.8 Å². The topological polar surface area (TPSA) is 106 Å². The van der Waals surface area contributed by atoms with Crippen LogP contribution in [0.1, 0.15) is 19.4 Å². The van der Waals surface area contributed by atoms with E-state index in [0.29, 0.717) is 5.56 Å². The zero-order chi connectivity index (χ0) is 24.2. The monoisotopic (exact) mass is 460 g/mol. The second-order valence-corrected chi connectivity index (χ2v) is 7.75. The summed E-state index contributed by atoms with van der Waals surface area (Å²) in [6, 6.07) is 4.70. The molecule has 0 bridgehead atoms. The van der Waals surface area contributed by atoms with Gasteiger partial charge >= 0.3 is 0 Å². The van der Waals surface area contributed by atoms with Gasteiger partial charge in [0.2, 0.25) is 11.2 Å². The molecule has 9 heteroatoms. The molecule has 2 aromatic carbocycles. The Bertz CT molecular complexity index is 1210. The molecule has 0 atom stereocenters. The Balaban J connectivity index is 2.43. The number of aromatic hydroxyl groups is 1. The first-order valence-corrected chi connectivity index (χ1v) is 10.1. The molecule has 9 nitrogen and oxygen atoms in total. The Labute approximate surface area is 191 Å². The van der Waals surface area contributed by atoms with Crippen LogP contribution in [-0.4, -0.2) is 46.8 Å². The minimum Gasteiger partial charge on any atom is -0.507 e. The third-order valence-electron chi connectivity index (χ3n) is 5.16. The van der Waals surface area contributed by atoms with E-state index in [9.17, 15) is 9.90 Å². The Morgan fingerprint density at radius 2 is 1.58 bits per heavy atom. The van der Waals surface area contributed by atoms with Crippen LogP contribution in [0.4, 0.5) is 0 Å². The molecule has 3 rings (SSSR count). The molecular weight excluding hydrogens is 432 g/mol. The van der Waals surface area contributed by atoms with Gasteiger partial charge in [-0.1, -0.05) is 19.9 Å². The van der Waals surface area contributed by atoms with Crippen LogP contribution in [-0.2, 0) is 19.6 Å². The van der Waals surface area contributed by atoms with Gasteiger partial charge in [-0.05, 0) is 18.2 Å². The van der Waals surface area contributed by atoms with Gasteiger partial charge in [0.05, 0.1) is 5.39 Å². The molecule has 3 aromatic rings. The Morgan fingerprint density at radius 1 is 0.970 bits per heavy atom. The molecule has 0 radical (unpaired) electrons. The van der Waals surface area contributed by atoms with Crippen LogP contribution in [0.3, 0.4) is 0 Å². The van der Waals surface area contributed by atoms with Crippen molar-refractivity contribution in [1.29, 1.82) is 0 Å². The average Bonchev–Trinajstić information content (AvgIpc) is 2.80. The number of ether oxygens (including phenoxy) is 6. The van der Waals surface area contributed by atoms with Crippen LogP contribution >= 0.6 is 0 Å². The lowest BCUT2D eigenvalue weighted by Crippen LogP contribution is -2.16. The summed E-state index contributed by atoms with van der Waals surface area (Å²) in [6.45, 7) is 7.30. The number of phenols is 1. The number of methoxy groups -OCH3 is 3. The molecule has 33 heavy (non-hydrogen) atoms. The van der Waals surface area contributed by atoms with Crippen LogP contribution in [0.25, 0.3) is 21.9 Å². The Hall–Kier alpha value is -3.27. The van der Waals surface area contributed by atoms with Gasteiger partial charge in [0.1, 0.15) is 11.1 Å². The van der Waals surface area contributed by atoms with Crippen molar-refractivity contribution in [3.63, 3.8) is 0 Å². The van der Waals surface area contributed by atoms with Crippen molar-refractivity contribution in [3.05, 3.63) is 46.6 Å². The SMILES string of the molecule is C=CC(C)(C)c1cc(OCOC)c2oc3c(OCOC)c(OCOC)ccc3c(=O)c2c1O. The fourth-order valence-corrected chi connectivity index (χ4v) is 3.33. The minimum atomic E-state index is -0.657. The van der Waals surface area contributed by atoms with Crippen LogP contribution in [0.15, 0.2) is 40.1 Å². The molecule has 0 aliphatic heterocycles. The quantitative estimate of drug-likeness (QED) is 0.257. The number of hydrogen-bond acceptors (Lipinski definition) is 9. The minimum absolute atomic E-state index is 0.0238. The van der Waals surface area contributed by atoms with Gasteiger partial charge in [0, 0.05) is 32.3 Å².